The van der Waals surface area contributed by atoms with Crippen molar-refractivity contribution in [1.29, 1.82) is 0 Å². The van der Waals surface area contributed by atoms with Gasteiger partial charge in [0.25, 0.3) is 0 Å². The highest BCUT2D eigenvalue weighted by Gasteiger charge is 2.13. The van der Waals surface area contributed by atoms with Gasteiger partial charge in [-0.2, -0.15) is 5.10 Å². The largest absolute Gasteiger partial charge is 0.398 e. The van der Waals surface area contributed by atoms with E-state index in [4.69, 9.17) is 5.73 Å². The molecule has 0 radical (unpaired) electrons. The lowest BCUT2D eigenvalue weighted by Gasteiger charge is -2.12. The normalized spacial score (nSPS) is 12.8. The molecule has 2 N–H and O–H groups in total. The maximum Gasteiger partial charge on any atom is 0.124 e. The zero-order valence-corrected chi connectivity index (χ0v) is 13.1. The third kappa shape index (κ3) is 3.69. The zero-order valence-electron chi connectivity index (χ0n) is 12.3. The molecular weight excluding hydrogens is 289 g/mol. The summed E-state index contributed by atoms with van der Waals surface area (Å²) in [5, 5.41) is 4.46. The number of hydrogen-bond acceptors (Lipinski definition) is 3. The third-order valence-corrected chi connectivity index (χ3v) is 4.88. The molecule has 1 atom stereocenters. The summed E-state index contributed by atoms with van der Waals surface area (Å²) in [7, 11) is -1.40. The lowest BCUT2D eigenvalue weighted by Crippen LogP contribution is -2.08. The van der Waals surface area contributed by atoms with Gasteiger partial charge in [0.1, 0.15) is 5.82 Å². The van der Waals surface area contributed by atoms with Gasteiger partial charge >= 0.3 is 0 Å². The molecule has 0 fully saturated rings. The average Bonchev–Trinajstić information content (AvgIpc) is 2.91. The molecule has 1 unspecified atom stereocenters. The molecule has 1 aromatic heterocycles. The summed E-state index contributed by atoms with van der Waals surface area (Å²) in [5.41, 5.74) is 6.82. The van der Waals surface area contributed by atoms with E-state index in [1.165, 1.54) is 18.2 Å². The quantitative estimate of drug-likeness (QED) is 0.833. The summed E-state index contributed by atoms with van der Waals surface area (Å²) in [6.45, 7) is 4.22. The number of nitrogens with two attached hydrogens (primary N) is 1. The Morgan fingerprint density at radius 3 is 2.71 bits per heavy atom. The van der Waals surface area contributed by atoms with Crippen molar-refractivity contribution >= 4 is 16.5 Å². The molecular formula is C15H20FN3OS. The van der Waals surface area contributed by atoms with E-state index in [9.17, 15) is 8.60 Å². The molecule has 0 saturated heterocycles. The van der Waals surface area contributed by atoms with Gasteiger partial charge in [0.05, 0.1) is 33.2 Å². The van der Waals surface area contributed by atoms with E-state index in [0.717, 1.165) is 18.5 Å². The van der Waals surface area contributed by atoms with E-state index in [2.05, 4.69) is 18.9 Å². The van der Waals surface area contributed by atoms with Crippen LogP contribution in [0.3, 0.4) is 0 Å². The van der Waals surface area contributed by atoms with E-state index < -0.39 is 16.6 Å². The number of halogens is 1. The Bertz CT molecular complexity index is 638. The number of aromatic nitrogens is 2. The van der Waals surface area contributed by atoms with Crippen LogP contribution in [0.4, 0.5) is 10.1 Å². The maximum atomic E-state index is 13.2. The van der Waals surface area contributed by atoms with Crippen molar-refractivity contribution in [2.45, 2.75) is 43.4 Å². The highest BCUT2D eigenvalue weighted by Crippen LogP contribution is 2.21. The minimum absolute atomic E-state index is 0.237. The molecule has 114 valence electrons. The number of nitrogens with zero attached hydrogens (tertiary/aromatic N) is 2. The highest BCUT2D eigenvalue weighted by molar-refractivity contribution is 7.84. The van der Waals surface area contributed by atoms with E-state index in [1.54, 1.807) is 0 Å². The maximum absolute atomic E-state index is 13.2. The first-order valence-corrected chi connectivity index (χ1v) is 8.34. The molecule has 0 amide bonds. The van der Waals surface area contributed by atoms with Gasteiger partial charge in [-0.25, -0.2) is 4.39 Å². The van der Waals surface area contributed by atoms with Gasteiger partial charge in [-0.15, -0.1) is 0 Å². The second-order valence-electron chi connectivity index (χ2n) is 4.93. The van der Waals surface area contributed by atoms with Gasteiger partial charge in [0, 0.05) is 11.9 Å². The van der Waals surface area contributed by atoms with Gasteiger partial charge in [0.2, 0.25) is 0 Å². The minimum atomic E-state index is -1.40. The molecule has 0 aliphatic heterocycles. The fourth-order valence-corrected chi connectivity index (χ4v) is 3.39. The van der Waals surface area contributed by atoms with Crippen LogP contribution in [-0.4, -0.2) is 14.0 Å². The van der Waals surface area contributed by atoms with Crippen LogP contribution in [0.5, 0.6) is 0 Å². The number of rotatable bonds is 6. The van der Waals surface area contributed by atoms with Crippen molar-refractivity contribution in [2.75, 3.05) is 5.73 Å². The second-order valence-corrected chi connectivity index (χ2v) is 6.35. The van der Waals surface area contributed by atoms with Crippen LogP contribution in [0.25, 0.3) is 0 Å². The first-order chi connectivity index (χ1) is 10.0. The summed E-state index contributed by atoms with van der Waals surface area (Å²) in [4.78, 5) is 0.326. The molecule has 0 bridgehead atoms. The topological polar surface area (TPSA) is 60.9 Å². The van der Waals surface area contributed by atoms with Crippen LogP contribution in [0.2, 0.25) is 0 Å². The van der Waals surface area contributed by atoms with E-state index in [1.807, 2.05) is 16.9 Å². The Morgan fingerprint density at radius 2 is 2.05 bits per heavy atom. The van der Waals surface area contributed by atoms with Gasteiger partial charge < -0.3 is 5.73 Å². The molecule has 1 aromatic carbocycles. The van der Waals surface area contributed by atoms with Crippen LogP contribution < -0.4 is 5.73 Å². The molecule has 0 spiro atoms. The van der Waals surface area contributed by atoms with E-state index in [-0.39, 0.29) is 5.75 Å². The van der Waals surface area contributed by atoms with Gasteiger partial charge in [0.15, 0.2) is 0 Å². The predicted molar refractivity (Wildman–Crippen MR) is 82.8 cm³/mol. The monoisotopic (exact) mass is 309 g/mol. The van der Waals surface area contributed by atoms with Crippen molar-refractivity contribution in [3.05, 3.63) is 42.0 Å². The second kappa shape index (κ2) is 6.85. The summed E-state index contributed by atoms with van der Waals surface area (Å²) >= 11 is 0. The van der Waals surface area contributed by atoms with Crippen molar-refractivity contribution < 1.29 is 8.60 Å². The predicted octanol–water partition coefficient (Wildman–Crippen LogP) is 3.27. The van der Waals surface area contributed by atoms with E-state index in [0.29, 0.717) is 16.6 Å². The summed E-state index contributed by atoms with van der Waals surface area (Å²) in [5.74, 6) is -0.198. The van der Waals surface area contributed by atoms with Gasteiger partial charge in [-0.05, 0) is 37.1 Å². The number of anilines is 1. The lowest BCUT2D eigenvalue weighted by atomic mass is 10.2. The number of nitrogen functional groups attached to an aromatic ring is 1. The zero-order chi connectivity index (χ0) is 15.4. The van der Waals surface area contributed by atoms with Gasteiger partial charge in [-0.1, -0.05) is 13.8 Å². The Hall–Kier alpha value is -1.69. The van der Waals surface area contributed by atoms with Crippen LogP contribution >= 0.6 is 0 Å². The van der Waals surface area contributed by atoms with Crippen molar-refractivity contribution in [3.8, 4) is 0 Å². The number of benzene rings is 1. The molecule has 1 heterocycles. The SMILES string of the molecule is CCC(CC)n1ccc(CS(=O)c2cc(F)ccc2N)n1. The molecule has 0 aliphatic rings. The molecule has 21 heavy (non-hydrogen) atoms. The Balaban J connectivity index is 2.15. The van der Waals surface area contributed by atoms with Crippen LogP contribution in [0.1, 0.15) is 38.4 Å². The summed E-state index contributed by atoms with van der Waals surface area (Å²) in [6.07, 6.45) is 3.90. The Kier molecular flexibility index (Phi) is 5.12. The van der Waals surface area contributed by atoms with Crippen molar-refractivity contribution in [2.24, 2.45) is 0 Å². The Labute approximate surface area is 126 Å². The number of hydrogen-bond donors (Lipinski definition) is 1. The van der Waals surface area contributed by atoms with Crippen LogP contribution in [0.15, 0.2) is 35.4 Å². The van der Waals surface area contributed by atoms with Crippen molar-refractivity contribution in [1.82, 2.24) is 9.78 Å². The van der Waals surface area contributed by atoms with Crippen molar-refractivity contribution in [3.63, 3.8) is 0 Å². The molecule has 6 heteroatoms. The minimum Gasteiger partial charge on any atom is -0.398 e. The first-order valence-electron chi connectivity index (χ1n) is 7.02. The lowest BCUT2D eigenvalue weighted by molar-refractivity contribution is 0.426. The third-order valence-electron chi connectivity index (χ3n) is 3.48. The fourth-order valence-electron chi connectivity index (χ4n) is 2.24. The average molecular weight is 309 g/mol. The molecule has 4 nitrogen and oxygen atoms in total. The summed E-state index contributed by atoms with van der Waals surface area (Å²) < 4.78 is 27.5. The smallest absolute Gasteiger partial charge is 0.124 e. The van der Waals surface area contributed by atoms with Crippen LogP contribution in [0, 0.1) is 5.82 Å². The molecule has 2 rings (SSSR count). The standard InChI is InChI=1S/C15H20FN3OS/c1-3-13(4-2)19-8-7-12(18-19)10-21(20)15-9-11(16)5-6-14(15)17/h5-9,13H,3-4,10,17H2,1-2H3. The molecule has 0 aliphatic carbocycles. The Morgan fingerprint density at radius 1 is 1.33 bits per heavy atom. The summed E-state index contributed by atoms with van der Waals surface area (Å²) in [6, 6.07) is 6.13. The first kappa shape index (κ1) is 15.7. The highest BCUT2D eigenvalue weighted by atomic mass is 32.2. The molecule has 0 saturated carbocycles. The fraction of sp³-hybridized carbons (Fsp3) is 0.400. The van der Waals surface area contributed by atoms with Crippen LogP contribution in [-0.2, 0) is 16.6 Å². The van der Waals surface area contributed by atoms with E-state index >= 15 is 0 Å². The van der Waals surface area contributed by atoms with Gasteiger partial charge in [-0.3, -0.25) is 8.89 Å². The molecule has 2 aromatic rings.